The highest BCUT2D eigenvalue weighted by Gasteiger charge is 2.19. The zero-order chi connectivity index (χ0) is 13.1. The van der Waals surface area contributed by atoms with Crippen molar-refractivity contribution in [2.45, 2.75) is 25.9 Å². The van der Waals surface area contributed by atoms with Gasteiger partial charge >= 0.3 is 0 Å². The monoisotopic (exact) mass is 240 g/mol. The summed E-state index contributed by atoms with van der Waals surface area (Å²) < 4.78 is 15.7. The standard InChI is InChI=1S/C13H20O4/c1-13(2,14)8-9-6-11(16-4)12(17-5)7-10(9)15-3/h6-7,14H,8H2,1-5H3. The van der Waals surface area contributed by atoms with Gasteiger partial charge in [0.1, 0.15) is 5.75 Å². The molecule has 0 amide bonds. The van der Waals surface area contributed by atoms with Gasteiger partial charge in [0.2, 0.25) is 0 Å². The molecule has 0 saturated carbocycles. The van der Waals surface area contributed by atoms with E-state index in [1.54, 1.807) is 41.2 Å². The fraction of sp³-hybridized carbons (Fsp3) is 0.538. The number of aliphatic hydroxyl groups is 1. The molecule has 0 aromatic heterocycles. The Bertz CT molecular complexity index is 380. The van der Waals surface area contributed by atoms with Crippen LogP contribution in [0.4, 0.5) is 0 Å². The van der Waals surface area contributed by atoms with Crippen LogP contribution >= 0.6 is 0 Å². The molecule has 1 aromatic carbocycles. The zero-order valence-electron chi connectivity index (χ0n) is 11.0. The van der Waals surface area contributed by atoms with Gasteiger partial charge in [0.15, 0.2) is 11.5 Å². The second-order valence-electron chi connectivity index (χ2n) is 4.51. The van der Waals surface area contributed by atoms with E-state index >= 15 is 0 Å². The molecule has 1 rings (SSSR count). The fourth-order valence-corrected chi connectivity index (χ4v) is 1.70. The van der Waals surface area contributed by atoms with Crippen LogP contribution in [0.25, 0.3) is 0 Å². The minimum Gasteiger partial charge on any atom is -0.496 e. The minimum absolute atomic E-state index is 0.483. The molecule has 96 valence electrons. The maximum absolute atomic E-state index is 9.85. The highest BCUT2D eigenvalue weighted by molar-refractivity contribution is 5.51. The lowest BCUT2D eigenvalue weighted by molar-refractivity contribution is 0.0802. The summed E-state index contributed by atoms with van der Waals surface area (Å²) in [7, 11) is 4.75. The van der Waals surface area contributed by atoms with E-state index < -0.39 is 5.60 Å². The summed E-state index contributed by atoms with van der Waals surface area (Å²) in [5, 5.41) is 9.85. The lowest BCUT2D eigenvalue weighted by Crippen LogP contribution is -2.22. The van der Waals surface area contributed by atoms with Crippen molar-refractivity contribution < 1.29 is 19.3 Å². The number of hydrogen-bond donors (Lipinski definition) is 1. The van der Waals surface area contributed by atoms with Gasteiger partial charge in [-0.1, -0.05) is 0 Å². The number of rotatable bonds is 5. The largest absolute Gasteiger partial charge is 0.496 e. The number of benzene rings is 1. The van der Waals surface area contributed by atoms with Crippen LogP contribution in [0.3, 0.4) is 0 Å². The first-order chi connectivity index (χ1) is 7.91. The van der Waals surface area contributed by atoms with Gasteiger partial charge in [0.05, 0.1) is 26.9 Å². The second-order valence-corrected chi connectivity index (χ2v) is 4.51. The molecular formula is C13H20O4. The molecule has 0 bridgehead atoms. The van der Waals surface area contributed by atoms with Crippen LogP contribution < -0.4 is 14.2 Å². The number of hydrogen-bond acceptors (Lipinski definition) is 4. The van der Waals surface area contributed by atoms with Crippen molar-refractivity contribution in [3.8, 4) is 17.2 Å². The molecule has 1 N–H and O–H groups in total. The smallest absolute Gasteiger partial charge is 0.164 e. The molecular weight excluding hydrogens is 220 g/mol. The molecule has 0 aliphatic rings. The van der Waals surface area contributed by atoms with Crippen molar-refractivity contribution in [1.29, 1.82) is 0 Å². The summed E-state index contributed by atoms with van der Waals surface area (Å²) in [5.41, 5.74) is 0.0880. The third kappa shape index (κ3) is 3.53. The van der Waals surface area contributed by atoms with Crippen molar-refractivity contribution in [2.24, 2.45) is 0 Å². The Kier molecular flexibility index (Phi) is 4.23. The van der Waals surface area contributed by atoms with E-state index in [1.165, 1.54) is 0 Å². The Labute approximate surface area is 102 Å². The summed E-state index contributed by atoms with van der Waals surface area (Å²) in [5.74, 6) is 1.93. The molecule has 0 radical (unpaired) electrons. The summed E-state index contributed by atoms with van der Waals surface area (Å²) in [4.78, 5) is 0. The summed E-state index contributed by atoms with van der Waals surface area (Å²) in [6.45, 7) is 3.51. The van der Waals surface area contributed by atoms with Crippen LogP contribution in [-0.4, -0.2) is 32.0 Å². The van der Waals surface area contributed by atoms with Gasteiger partial charge in [0, 0.05) is 18.1 Å². The number of ether oxygens (including phenoxy) is 3. The molecule has 4 heteroatoms. The molecule has 0 aliphatic heterocycles. The second kappa shape index (κ2) is 5.27. The van der Waals surface area contributed by atoms with Gasteiger partial charge in [-0.3, -0.25) is 0 Å². The van der Waals surface area contributed by atoms with Crippen LogP contribution in [0.15, 0.2) is 12.1 Å². The van der Waals surface area contributed by atoms with Crippen molar-refractivity contribution in [1.82, 2.24) is 0 Å². The molecule has 0 saturated heterocycles. The summed E-state index contributed by atoms with van der Waals surface area (Å²) >= 11 is 0. The van der Waals surface area contributed by atoms with E-state index in [0.29, 0.717) is 23.7 Å². The third-order valence-corrected chi connectivity index (χ3v) is 2.41. The first-order valence-electron chi connectivity index (χ1n) is 5.42. The minimum atomic E-state index is -0.799. The molecule has 0 spiro atoms. The maximum atomic E-state index is 9.85. The predicted octanol–water partition coefficient (Wildman–Crippen LogP) is 2.03. The van der Waals surface area contributed by atoms with Crippen molar-refractivity contribution in [3.63, 3.8) is 0 Å². The van der Waals surface area contributed by atoms with Crippen LogP contribution in [0.1, 0.15) is 19.4 Å². The highest BCUT2D eigenvalue weighted by atomic mass is 16.5. The molecule has 0 atom stereocenters. The fourth-order valence-electron chi connectivity index (χ4n) is 1.70. The average molecular weight is 240 g/mol. The zero-order valence-corrected chi connectivity index (χ0v) is 11.0. The molecule has 0 fully saturated rings. The van der Waals surface area contributed by atoms with E-state index in [1.807, 2.05) is 6.07 Å². The average Bonchev–Trinajstić information content (AvgIpc) is 2.26. The molecule has 0 heterocycles. The lowest BCUT2D eigenvalue weighted by Gasteiger charge is -2.20. The van der Waals surface area contributed by atoms with E-state index in [9.17, 15) is 5.11 Å². The normalized spacial score (nSPS) is 11.2. The number of methoxy groups -OCH3 is 3. The van der Waals surface area contributed by atoms with Gasteiger partial charge < -0.3 is 19.3 Å². The summed E-state index contributed by atoms with van der Waals surface area (Å²) in [6.07, 6.45) is 0.483. The Balaban J connectivity index is 3.19. The van der Waals surface area contributed by atoms with E-state index in [0.717, 1.165) is 5.56 Å². The van der Waals surface area contributed by atoms with Gasteiger partial charge in [-0.25, -0.2) is 0 Å². The molecule has 4 nitrogen and oxygen atoms in total. The SMILES string of the molecule is COc1cc(OC)c(OC)cc1CC(C)(C)O. The quantitative estimate of drug-likeness (QED) is 0.855. The predicted molar refractivity (Wildman–Crippen MR) is 66.1 cm³/mol. The summed E-state index contributed by atoms with van der Waals surface area (Å²) in [6, 6.07) is 3.59. The Hall–Kier alpha value is -1.42. The van der Waals surface area contributed by atoms with E-state index in [4.69, 9.17) is 14.2 Å². The Morgan fingerprint density at radius 3 is 1.82 bits per heavy atom. The van der Waals surface area contributed by atoms with Crippen molar-refractivity contribution >= 4 is 0 Å². The van der Waals surface area contributed by atoms with Gasteiger partial charge in [-0.2, -0.15) is 0 Å². The van der Waals surface area contributed by atoms with E-state index in [-0.39, 0.29) is 0 Å². The highest BCUT2D eigenvalue weighted by Crippen LogP contribution is 2.35. The van der Waals surface area contributed by atoms with Crippen LogP contribution in [-0.2, 0) is 6.42 Å². The van der Waals surface area contributed by atoms with Crippen LogP contribution in [0.2, 0.25) is 0 Å². The van der Waals surface area contributed by atoms with Gasteiger partial charge in [0.25, 0.3) is 0 Å². The molecule has 17 heavy (non-hydrogen) atoms. The van der Waals surface area contributed by atoms with Gasteiger partial charge in [-0.15, -0.1) is 0 Å². The maximum Gasteiger partial charge on any atom is 0.164 e. The van der Waals surface area contributed by atoms with Crippen LogP contribution in [0.5, 0.6) is 17.2 Å². The first-order valence-corrected chi connectivity index (χ1v) is 5.42. The van der Waals surface area contributed by atoms with Crippen molar-refractivity contribution in [2.75, 3.05) is 21.3 Å². The topological polar surface area (TPSA) is 47.9 Å². The molecule has 0 aliphatic carbocycles. The molecule has 1 aromatic rings. The molecule has 0 unspecified atom stereocenters. The van der Waals surface area contributed by atoms with Gasteiger partial charge in [-0.05, 0) is 19.9 Å². The van der Waals surface area contributed by atoms with E-state index in [2.05, 4.69) is 0 Å². The third-order valence-electron chi connectivity index (χ3n) is 2.41. The Morgan fingerprint density at radius 1 is 0.941 bits per heavy atom. The lowest BCUT2D eigenvalue weighted by atomic mass is 9.97. The van der Waals surface area contributed by atoms with Crippen molar-refractivity contribution in [3.05, 3.63) is 17.7 Å². The van der Waals surface area contributed by atoms with Crippen LogP contribution in [0, 0.1) is 0 Å². The Morgan fingerprint density at radius 2 is 1.41 bits per heavy atom. The first kappa shape index (κ1) is 13.6.